The van der Waals surface area contributed by atoms with E-state index < -0.39 is 17.7 Å². The molecule has 1 N–H and O–H groups in total. The Morgan fingerprint density at radius 3 is 2.13 bits per heavy atom. The molecule has 1 aliphatic heterocycles. The fourth-order valence-corrected chi connectivity index (χ4v) is 3.72. The van der Waals surface area contributed by atoms with Gasteiger partial charge in [-0.15, -0.1) is 0 Å². The fourth-order valence-electron chi connectivity index (χ4n) is 3.72. The molecule has 0 aromatic heterocycles. The second-order valence-corrected chi connectivity index (χ2v) is 8.59. The molecule has 1 atom stereocenters. The highest BCUT2D eigenvalue weighted by Gasteiger charge is 2.45. The van der Waals surface area contributed by atoms with E-state index in [1.165, 1.54) is 4.90 Å². The summed E-state index contributed by atoms with van der Waals surface area (Å²) < 4.78 is 10.3. The minimum Gasteiger partial charge on any atom is -0.507 e. The summed E-state index contributed by atoms with van der Waals surface area (Å²) in [6.45, 7) is 6.89. The van der Waals surface area contributed by atoms with Crippen molar-refractivity contribution in [3.63, 3.8) is 0 Å². The number of hydrogen-bond donors (Lipinski definition) is 1. The van der Waals surface area contributed by atoms with E-state index in [2.05, 4.69) is 20.8 Å². The molecule has 0 aliphatic carbocycles. The molecule has 2 aromatic rings. The van der Waals surface area contributed by atoms with Crippen LogP contribution in [0.2, 0.25) is 0 Å². The van der Waals surface area contributed by atoms with Crippen LogP contribution in [-0.4, -0.2) is 49.1 Å². The number of benzene rings is 2. The maximum atomic E-state index is 13.0. The number of methoxy groups -OCH3 is 2. The number of ether oxygens (including phenoxy) is 2. The molecule has 6 nitrogen and oxygen atoms in total. The third kappa shape index (κ3) is 4.49. The van der Waals surface area contributed by atoms with Crippen LogP contribution in [0.3, 0.4) is 0 Å². The number of hydrogen-bond acceptors (Lipinski definition) is 5. The maximum Gasteiger partial charge on any atom is 0.295 e. The first kappa shape index (κ1) is 22.6. The lowest BCUT2D eigenvalue weighted by molar-refractivity contribution is -0.140. The Labute approximate surface area is 183 Å². The van der Waals surface area contributed by atoms with Gasteiger partial charge in [-0.2, -0.15) is 0 Å². The van der Waals surface area contributed by atoms with Gasteiger partial charge in [0.1, 0.15) is 11.5 Å². The Kier molecular flexibility index (Phi) is 6.51. The largest absolute Gasteiger partial charge is 0.507 e. The molecule has 0 saturated carbocycles. The van der Waals surface area contributed by atoms with Gasteiger partial charge in [-0.3, -0.25) is 9.59 Å². The summed E-state index contributed by atoms with van der Waals surface area (Å²) in [5, 5.41) is 11.0. The van der Waals surface area contributed by atoms with E-state index in [0.29, 0.717) is 11.3 Å². The predicted molar refractivity (Wildman–Crippen MR) is 119 cm³/mol. The van der Waals surface area contributed by atoms with Crippen LogP contribution in [0.5, 0.6) is 5.75 Å². The van der Waals surface area contributed by atoms with E-state index in [1.807, 2.05) is 24.3 Å². The van der Waals surface area contributed by atoms with Gasteiger partial charge in [0, 0.05) is 19.2 Å². The van der Waals surface area contributed by atoms with Crippen molar-refractivity contribution < 1.29 is 24.2 Å². The van der Waals surface area contributed by atoms with Gasteiger partial charge in [0.05, 0.1) is 25.3 Å². The zero-order chi connectivity index (χ0) is 22.8. The predicted octanol–water partition coefficient (Wildman–Crippen LogP) is 4.06. The van der Waals surface area contributed by atoms with E-state index in [9.17, 15) is 14.7 Å². The van der Waals surface area contributed by atoms with Crippen LogP contribution in [-0.2, 0) is 19.7 Å². The van der Waals surface area contributed by atoms with E-state index in [1.54, 1.807) is 38.5 Å². The molecular weight excluding hydrogens is 394 g/mol. The Bertz CT molecular complexity index is 984. The molecule has 0 spiro atoms. The first-order chi connectivity index (χ1) is 14.7. The summed E-state index contributed by atoms with van der Waals surface area (Å²) in [4.78, 5) is 27.2. The fraction of sp³-hybridized carbons (Fsp3) is 0.360. The van der Waals surface area contributed by atoms with Crippen molar-refractivity contribution in [2.75, 3.05) is 27.4 Å². The van der Waals surface area contributed by atoms with Gasteiger partial charge in [-0.25, -0.2) is 0 Å². The molecule has 6 heteroatoms. The molecule has 2 aromatic carbocycles. The Morgan fingerprint density at radius 2 is 1.61 bits per heavy atom. The molecule has 0 bridgehead atoms. The van der Waals surface area contributed by atoms with Crippen LogP contribution in [0.25, 0.3) is 5.76 Å². The number of aliphatic hydroxyl groups is 1. The molecule has 31 heavy (non-hydrogen) atoms. The number of likely N-dealkylation sites (tertiary alicyclic amines) is 1. The second-order valence-electron chi connectivity index (χ2n) is 8.59. The molecule has 1 unspecified atom stereocenters. The van der Waals surface area contributed by atoms with Crippen molar-refractivity contribution in [3.8, 4) is 5.75 Å². The molecule has 164 valence electrons. The second kappa shape index (κ2) is 8.94. The van der Waals surface area contributed by atoms with Crippen LogP contribution < -0.4 is 4.74 Å². The standard InChI is InChI=1S/C25H29NO5/c1-25(2,3)18-10-6-16(7-11-18)21-20(23(28)24(29)26(21)14-15-30-4)22(27)17-8-12-19(31-5)13-9-17/h6-13,21,27H,14-15H2,1-5H3/b22-20+. The van der Waals surface area contributed by atoms with Gasteiger partial charge >= 0.3 is 0 Å². The lowest BCUT2D eigenvalue weighted by atomic mass is 9.85. The SMILES string of the molecule is COCCN1C(=O)C(=O)/C(=C(/O)c2ccc(OC)cc2)C1c1ccc(C(C)(C)C)cc1. The molecular formula is C25H29NO5. The maximum absolute atomic E-state index is 13.0. The lowest BCUT2D eigenvalue weighted by Crippen LogP contribution is -2.32. The van der Waals surface area contributed by atoms with Crippen LogP contribution in [0.15, 0.2) is 54.1 Å². The van der Waals surface area contributed by atoms with Crippen molar-refractivity contribution in [1.29, 1.82) is 0 Å². The number of carbonyl (C=O) groups excluding carboxylic acids is 2. The first-order valence-corrected chi connectivity index (χ1v) is 10.2. The van der Waals surface area contributed by atoms with Crippen LogP contribution in [0.4, 0.5) is 0 Å². The van der Waals surface area contributed by atoms with Gasteiger partial charge in [-0.1, -0.05) is 45.0 Å². The summed E-state index contributed by atoms with van der Waals surface area (Å²) in [5.41, 5.74) is 2.40. The third-order valence-corrected chi connectivity index (χ3v) is 5.53. The van der Waals surface area contributed by atoms with Crippen LogP contribution >= 0.6 is 0 Å². The van der Waals surface area contributed by atoms with Crippen molar-refractivity contribution in [2.45, 2.75) is 32.2 Å². The number of Topliss-reactive ketones (excluding diaryl/α,β-unsaturated/α-hetero) is 1. The summed E-state index contributed by atoms with van der Waals surface area (Å²) in [6.07, 6.45) is 0. The van der Waals surface area contributed by atoms with Crippen LogP contribution in [0, 0.1) is 0 Å². The molecule has 1 saturated heterocycles. The Balaban J connectivity index is 2.12. The smallest absolute Gasteiger partial charge is 0.295 e. The van der Waals surface area contributed by atoms with Gasteiger partial charge in [-0.05, 0) is 40.8 Å². The quantitative estimate of drug-likeness (QED) is 0.431. The average molecular weight is 424 g/mol. The summed E-state index contributed by atoms with van der Waals surface area (Å²) in [5.74, 6) is -0.913. The monoisotopic (exact) mass is 423 g/mol. The van der Waals surface area contributed by atoms with Crippen molar-refractivity contribution >= 4 is 17.4 Å². The molecule has 0 radical (unpaired) electrons. The molecule has 1 aliphatic rings. The normalized spacial score (nSPS) is 18.5. The zero-order valence-electron chi connectivity index (χ0n) is 18.6. The average Bonchev–Trinajstić information content (AvgIpc) is 3.01. The van der Waals surface area contributed by atoms with E-state index >= 15 is 0 Å². The summed E-state index contributed by atoms with van der Waals surface area (Å²) >= 11 is 0. The summed E-state index contributed by atoms with van der Waals surface area (Å²) in [6, 6.07) is 13.9. The van der Waals surface area contributed by atoms with E-state index in [4.69, 9.17) is 9.47 Å². The number of amides is 1. The van der Waals surface area contributed by atoms with Gasteiger partial charge in [0.25, 0.3) is 11.7 Å². The van der Waals surface area contributed by atoms with Crippen molar-refractivity contribution in [1.82, 2.24) is 4.90 Å². The zero-order valence-corrected chi connectivity index (χ0v) is 18.6. The van der Waals surface area contributed by atoms with Gasteiger partial charge in [0.15, 0.2) is 0 Å². The first-order valence-electron chi connectivity index (χ1n) is 10.2. The number of ketones is 1. The molecule has 1 heterocycles. The third-order valence-electron chi connectivity index (χ3n) is 5.53. The number of aliphatic hydroxyl groups excluding tert-OH is 1. The highest BCUT2D eigenvalue weighted by Crippen LogP contribution is 2.40. The number of rotatable bonds is 6. The highest BCUT2D eigenvalue weighted by molar-refractivity contribution is 6.46. The lowest BCUT2D eigenvalue weighted by Gasteiger charge is -2.26. The number of nitrogens with zero attached hydrogens (tertiary/aromatic N) is 1. The minimum atomic E-state index is -0.700. The summed E-state index contributed by atoms with van der Waals surface area (Å²) in [7, 11) is 3.10. The van der Waals surface area contributed by atoms with Gasteiger partial charge in [0.2, 0.25) is 0 Å². The Hall–Kier alpha value is -3.12. The van der Waals surface area contributed by atoms with Crippen molar-refractivity contribution in [2.24, 2.45) is 0 Å². The van der Waals surface area contributed by atoms with E-state index in [0.717, 1.165) is 11.1 Å². The molecule has 1 fully saturated rings. The molecule has 3 rings (SSSR count). The molecule has 1 amide bonds. The van der Waals surface area contributed by atoms with Crippen LogP contribution in [0.1, 0.15) is 43.5 Å². The van der Waals surface area contributed by atoms with Gasteiger partial charge < -0.3 is 19.5 Å². The van der Waals surface area contributed by atoms with E-state index in [-0.39, 0.29) is 29.9 Å². The Morgan fingerprint density at radius 1 is 1.00 bits per heavy atom. The highest BCUT2D eigenvalue weighted by atomic mass is 16.5. The topological polar surface area (TPSA) is 76.1 Å². The van der Waals surface area contributed by atoms with Crippen molar-refractivity contribution in [3.05, 3.63) is 70.8 Å². The number of carbonyl (C=O) groups is 2. The minimum absolute atomic E-state index is 0.0283.